The van der Waals surface area contributed by atoms with E-state index in [0.29, 0.717) is 18.1 Å². The molecule has 172 valence electrons. The van der Waals surface area contributed by atoms with Gasteiger partial charge in [0, 0.05) is 12.2 Å². The molecule has 6 heteroatoms. The third-order valence-electron chi connectivity index (χ3n) is 5.50. The SMILES string of the molecule is COC1=C(OCc2ccc(F)cc2)C(C)(C)Oc2ccc(NCc3ccc(OC)cc3)cc21. The van der Waals surface area contributed by atoms with Crippen molar-refractivity contribution in [2.75, 3.05) is 19.5 Å². The van der Waals surface area contributed by atoms with E-state index in [1.54, 1.807) is 26.4 Å². The second-order valence-corrected chi connectivity index (χ2v) is 8.30. The van der Waals surface area contributed by atoms with Crippen LogP contribution in [0.4, 0.5) is 10.1 Å². The number of hydrogen-bond donors (Lipinski definition) is 1. The van der Waals surface area contributed by atoms with Crippen molar-refractivity contribution in [2.45, 2.75) is 32.6 Å². The third kappa shape index (κ3) is 5.06. The van der Waals surface area contributed by atoms with E-state index in [1.165, 1.54) is 12.1 Å². The van der Waals surface area contributed by atoms with Crippen molar-refractivity contribution in [3.05, 3.63) is 95.0 Å². The quantitative estimate of drug-likeness (QED) is 0.447. The van der Waals surface area contributed by atoms with Gasteiger partial charge < -0.3 is 24.3 Å². The summed E-state index contributed by atoms with van der Waals surface area (Å²) in [5.41, 5.74) is 3.01. The Balaban J connectivity index is 1.56. The van der Waals surface area contributed by atoms with Gasteiger partial charge in [-0.25, -0.2) is 4.39 Å². The van der Waals surface area contributed by atoms with Crippen LogP contribution in [0.25, 0.3) is 5.76 Å². The number of hydrogen-bond acceptors (Lipinski definition) is 5. The van der Waals surface area contributed by atoms with Crippen molar-refractivity contribution < 1.29 is 23.3 Å². The molecule has 33 heavy (non-hydrogen) atoms. The topological polar surface area (TPSA) is 49.0 Å². The van der Waals surface area contributed by atoms with Crippen molar-refractivity contribution in [1.29, 1.82) is 0 Å². The lowest BCUT2D eigenvalue weighted by atomic mass is 9.97. The van der Waals surface area contributed by atoms with Crippen LogP contribution in [-0.4, -0.2) is 19.8 Å². The maximum Gasteiger partial charge on any atom is 0.182 e. The number of anilines is 1. The van der Waals surface area contributed by atoms with Crippen LogP contribution in [0.5, 0.6) is 11.5 Å². The number of nitrogens with one attached hydrogen (secondary N) is 1. The minimum absolute atomic E-state index is 0.277. The number of fused-ring (bicyclic) bond motifs is 1. The largest absolute Gasteiger partial charge is 0.497 e. The van der Waals surface area contributed by atoms with Crippen LogP contribution in [0.2, 0.25) is 0 Å². The normalized spacial score (nSPS) is 14.2. The van der Waals surface area contributed by atoms with Crippen molar-refractivity contribution in [1.82, 2.24) is 0 Å². The monoisotopic (exact) mass is 449 g/mol. The molecule has 1 aliphatic rings. The van der Waals surface area contributed by atoms with Gasteiger partial charge in [0.15, 0.2) is 17.1 Å². The predicted octanol–water partition coefficient (Wildman–Crippen LogP) is 6.15. The van der Waals surface area contributed by atoms with Gasteiger partial charge in [-0.15, -0.1) is 0 Å². The predicted molar refractivity (Wildman–Crippen MR) is 127 cm³/mol. The molecule has 1 N–H and O–H groups in total. The van der Waals surface area contributed by atoms with Gasteiger partial charge in [0.05, 0.1) is 19.8 Å². The van der Waals surface area contributed by atoms with E-state index in [1.807, 2.05) is 56.3 Å². The van der Waals surface area contributed by atoms with Crippen LogP contribution >= 0.6 is 0 Å². The van der Waals surface area contributed by atoms with Crippen LogP contribution in [0.1, 0.15) is 30.5 Å². The first-order chi connectivity index (χ1) is 15.9. The summed E-state index contributed by atoms with van der Waals surface area (Å²) in [6.07, 6.45) is 0. The smallest absolute Gasteiger partial charge is 0.182 e. The van der Waals surface area contributed by atoms with Crippen LogP contribution < -0.4 is 14.8 Å². The Morgan fingerprint density at radius 1 is 0.879 bits per heavy atom. The molecule has 0 aliphatic carbocycles. The minimum Gasteiger partial charge on any atom is -0.497 e. The lowest BCUT2D eigenvalue weighted by Crippen LogP contribution is -2.36. The zero-order valence-corrected chi connectivity index (χ0v) is 19.3. The van der Waals surface area contributed by atoms with Crippen LogP contribution in [-0.2, 0) is 22.6 Å². The Morgan fingerprint density at radius 3 is 2.24 bits per heavy atom. The number of halogens is 1. The lowest BCUT2D eigenvalue weighted by Gasteiger charge is -2.35. The third-order valence-corrected chi connectivity index (χ3v) is 5.50. The van der Waals surface area contributed by atoms with Crippen molar-refractivity contribution in [3.63, 3.8) is 0 Å². The summed E-state index contributed by atoms with van der Waals surface area (Å²) in [6.45, 7) is 4.81. The maximum atomic E-state index is 13.2. The van der Waals surface area contributed by atoms with Crippen molar-refractivity contribution in [3.8, 4) is 11.5 Å². The van der Waals surface area contributed by atoms with Crippen molar-refractivity contribution in [2.24, 2.45) is 0 Å². The molecule has 4 rings (SSSR count). The molecule has 1 heterocycles. The van der Waals surface area contributed by atoms with Crippen molar-refractivity contribution >= 4 is 11.4 Å². The summed E-state index contributed by atoms with van der Waals surface area (Å²) in [4.78, 5) is 0. The standard InChI is InChI=1S/C27H28FNO4/c1-27(2)26(32-17-19-5-9-20(28)10-6-19)25(31-4)23-15-21(11-14-24(23)33-27)29-16-18-7-12-22(30-3)13-8-18/h5-15,29H,16-17H2,1-4H3. The average molecular weight is 450 g/mol. The molecular weight excluding hydrogens is 421 g/mol. The Kier molecular flexibility index (Phi) is 6.45. The highest BCUT2D eigenvalue weighted by Crippen LogP contribution is 2.43. The molecule has 0 atom stereocenters. The van der Waals surface area contributed by atoms with Gasteiger partial charge in [0.2, 0.25) is 0 Å². The first-order valence-electron chi connectivity index (χ1n) is 10.8. The molecule has 0 aromatic heterocycles. The number of ether oxygens (including phenoxy) is 4. The van der Waals surface area contributed by atoms with E-state index in [4.69, 9.17) is 18.9 Å². The van der Waals surface area contributed by atoms with Gasteiger partial charge in [-0.05, 0) is 67.4 Å². The molecule has 0 amide bonds. The molecule has 0 bridgehead atoms. The van der Waals surface area contributed by atoms with E-state index in [9.17, 15) is 4.39 Å². The molecule has 0 fully saturated rings. The van der Waals surface area contributed by atoms with E-state index in [0.717, 1.165) is 33.9 Å². The summed E-state index contributed by atoms with van der Waals surface area (Å²) in [5.74, 6) is 2.49. The Hall–Kier alpha value is -3.67. The number of benzene rings is 3. The summed E-state index contributed by atoms with van der Waals surface area (Å²) < 4.78 is 36.6. The number of rotatable bonds is 8. The van der Waals surface area contributed by atoms with Gasteiger partial charge in [-0.2, -0.15) is 0 Å². The highest BCUT2D eigenvalue weighted by atomic mass is 19.1. The molecule has 1 aliphatic heterocycles. The first kappa shape index (κ1) is 22.5. The average Bonchev–Trinajstić information content (AvgIpc) is 2.82. The van der Waals surface area contributed by atoms with Gasteiger partial charge in [-0.1, -0.05) is 24.3 Å². The van der Waals surface area contributed by atoms with Crippen LogP contribution in [0.3, 0.4) is 0 Å². The summed E-state index contributed by atoms with van der Waals surface area (Å²) in [5, 5.41) is 3.44. The maximum absolute atomic E-state index is 13.2. The number of methoxy groups -OCH3 is 2. The molecule has 0 radical (unpaired) electrons. The highest BCUT2D eigenvalue weighted by molar-refractivity contribution is 5.74. The van der Waals surface area contributed by atoms with E-state index >= 15 is 0 Å². The van der Waals surface area contributed by atoms with E-state index in [-0.39, 0.29) is 12.4 Å². The fourth-order valence-corrected chi connectivity index (χ4v) is 3.75. The molecule has 0 spiro atoms. The second kappa shape index (κ2) is 9.45. The lowest BCUT2D eigenvalue weighted by molar-refractivity contribution is 0.0421. The molecule has 0 saturated carbocycles. The van der Waals surface area contributed by atoms with Gasteiger partial charge in [-0.3, -0.25) is 0 Å². The molecule has 5 nitrogen and oxygen atoms in total. The Morgan fingerprint density at radius 2 is 1.58 bits per heavy atom. The minimum atomic E-state index is -0.726. The fraction of sp³-hybridized carbons (Fsp3) is 0.259. The zero-order valence-electron chi connectivity index (χ0n) is 19.3. The first-order valence-corrected chi connectivity index (χ1v) is 10.8. The molecule has 3 aromatic carbocycles. The molecule has 3 aromatic rings. The van der Waals surface area contributed by atoms with Gasteiger partial charge in [0.25, 0.3) is 0 Å². The molecular formula is C27H28FNO4. The Labute approximate surface area is 193 Å². The molecule has 0 unspecified atom stereocenters. The summed E-state index contributed by atoms with van der Waals surface area (Å²) in [7, 11) is 3.28. The summed E-state index contributed by atoms with van der Waals surface area (Å²) >= 11 is 0. The van der Waals surface area contributed by atoms with E-state index < -0.39 is 5.60 Å². The van der Waals surface area contributed by atoms with E-state index in [2.05, 4.69) is 5.32 Å². The fourth-order valence-electron chi connectivity index (χ4n) is 3.75. The second-order valence-electron chi connectivity index (χ2n) is 8.30. The van der Waals surface area contributed by atoms with Crippen LogP contribution in [0.15, 0.2) is 72.5 Å². The Bertz CT molecular complexity index is 1140. The van der Waals surface area contributed by atoms with Gasteiger partial charge >= 0.3 is 0 Å². The van der Waals surface area contributed by atoms with Gasteiger partial charge in [0.1, 0.15) is 23.9 Å². The highest BCUT2D eigenvalue weighted by Gasteiger charge is 2.38. The van der Waals surface area contributed by atoms with Crippen LogP contribution in [0, 0.1) is 5.82 Å². The molecule has 0 saturated heterocycles. The zero-order chi connectivity index (χ0) is 23.4. The summed E-state index contributed by atoms with van der Waals surface area (Å²) in [6, 6.07) is 20.1.